The number of benzene rings is 1. The predicted molar refractivity (Wildman–Crippen MR) is 79.6 cm³/mol. The molecule has 0 atom stereocenters. The molecule has 0 radical (unpaired) electrons. The summed E-state index contributed by atoms with van der Waals surface area (Å²) in [6, 6.07) is 7.35. The number of thioether (sulfide) groups is 1. The van der Waals surface area contributed by atoms with Crippen molar-refractivity contribution in [1.29, 1.82) is 0 Å². The molecule has 0 saturated carbocycles. The average Bonchev–Trinajstić information content (AvgIpc) is 2.67. The second kappa shape index (κ2) is 6.56. The highest BCUT2D eigenvalue weighted by atomic mass is 35.5. The Bertz CT molecular complexity index is 564. The molecule has 0 aliphatic rings. The van der Waals surface area contributed by atoms with Gasteiger partial charge >= 0.3 is 0 Å². The smallest absolute Gasteiger partial charge is 0.179 e. The first-order valence-corrected chi connectivity index (χ1v) is 7.79. The highest BCUT2D eigenvalue weighted by molar-refractivity contribution is 8.01. The third kappa shape index (κ3) is 3.98. The molecule has 96 valence electrons. The van der Waals surface area contributed by atoms with Gasteiger partial charge in [-0.3, -0.25) is 0 Å². The van der Waals surface area contributed by atoms with E-state index in [9.17, 15) is 0 Å². The Labute approximate surface area is 124 Å². The van der Waals surface area contributed by atoms with Gasteiger partial charge in [-0.1, -0.05) is 34.7 Å². The molecule has 0 spiro atoms. The summed E-state index contributed by atoms with van der Waals surface area (Å²) in [6.07, 6.45) is 0. The molecule has 0 aliphatic carbocycles. The summed E-state index contributed by atoms with van der Waals surface area (Å²) in [5.41, 5.74) is 0. The van der Waals surface area contributed by atoms with Crippen LogP contribution in [0.2, 0.25) is 5.02 Å². The maximum Gasteiger partial charge on any atom is 0.179 e. The molecule has 18 heavy (non-hydrogen) atoms. The highest BCUT2D eigenvalue weighted by Gasteiger charge is 2.01. The van der Waals surface area contributed by atoms with E-state index in [-0.39, 0.29) is 0 Å². The van der Waals surface area contributed by atoms with E-state index in [0.717, 1.165) is 19.8 Å². The van der Waals surface area contributed by atoms with Gasteiger partial charge in [0.05, 0.1) is 6.61 Å². The van der Waals surface area contributed by atoms with E-state index < -0.39 is 0 Å². The highest BCUT2D eigenvalue weighted by Crippen LogP contribution is 2.21. The number of rotatable bonds is 5. The lowest BCUT2D eigenvalue weighted by atomic mass is 10.3. The molecule has 0 fully saturated rings. The molecule has 0 bridgehead atoms. The Morgan fingerprint density at radius 2 is 2.17 bits per heavy atom. The number of aryl methyl sites for hydroxylation is 1. The second-order valence-corrected chi connectivity index (χ2v) is 6.81. The molecule has 2 rings (SSSR count). The maximum absolute atomic E-state index is 5.79. The molecule has 0 amide bonds. The summed E-state index contributed by atoms with van der Waals surface area (Å²) in [4.78, 5) is 0. The number of hydrogen-bond acceptors (Lipinski definition) is 5. The van der Waals surface area contributed by atoms with Gasteiger partial charge in [-0.2, -0.15) is 5.10 Å². The summed E-state index contributed by atoms with van der Waals surface area (Å²) in [5.74, 6) is 1.67. The van der Waals surface area contributed by atoms with E-state index in [1.54, 1.807) is 16.4 Å². The number of aromatic nitrogens is 2. The van der Waals surface area contributed by atoms with Crippen LogP contribution in [0.4, 0.5) is 0 Å². The van der Waals surface area contributed by atoms with Crippen LogP contribution in [0.25, 0.3) is 0 Å². The molecular weight excluding hydrogens is 308 g/mol. The lowest BCUT2D eigenvalue weighted by molar-refractivity contribution is 0.344. The summed E-state index contributed by atoms with van der Waals surface area (Å²) >= 11 is 14.1. The Kier molecular flexibility index (Phi) is 5.05. The Morgan fingerprint density at radius 3 is 2.78 bits per heavy atom. The standard InChI is InChI=1S/C11H11ClN2OS3/c1-14-11(16)18-10(13-14)17-7-6-15-9-4-2-8(12)3-5-9/h2-5H,6-7H2,1H3. The van der Waals surface area contributed by atoms with E-state index in [1.165, 1.54) is 11.3 Å². The molecule has 0 N–H and O–H groups in total. The molecule has 2 aromatic rings. The molecular formula is C11H11ClN2OS3. The van der Waals surface area contributed by atoms with Crippen molar-refractivity contribution in [2.75, 3.05) is 12.4 Å². The zero-order valence-electron chi connectivity index (χ0n) is 9.63. The largest absolute Gasteiger partial charge is 0.493 e. The van der Waals surface area contributed by atoms with Crippen LogP contribution in [0.3, 0.4) is 0 Å². The van der Waals surface area contributed by atoms with E-state index in [4.69, 9.17) is 28.6 Å². The van der Waals surface area contributed by atoms with E-state index in [0.29, 0.717) is 11.6 Å². The monoisotopic (exact) mass is 318 g/mol. The van der Waals surface area contributed by atoms with Crippen molar-refractivity contribution in [2.24, 2.45) is 7.05 Å². The third-order valence-corrected chi connectivity index (χ3v) is 4.83. The molecule has 0 aliphatic heterocycles. The van der Waals surface area contributed by atoms with Crippen molar-refractivity contribution in [3.05, 3.63) is 33.2 Å². The molecule has 1 aromatic heterocycles. The van der Waals surface area contributed by atoms with Crippen LogP contribution in [0.1, 0.15) is 0 Å². The van der Waals surface area contributed by atoms with Gasteiger partial charge < -0.3 is 4.74 Å². The van der Waals surface area contributed by atoms with Gasteiger partial charge in [0.15, 0.2) is 8.29 Å². The number of halogens is 1. The summed E-state index contributed by atoms with van der Waals surface area (Å²) in [7, 11) is 1.85. The van der Waals surface area contributed by atoms with E-state index in [2.05, 4.69) is 5.10 Å². The van der Waals surface area contributed by atoms with Crippen LogP contribution in [0.15, 0.2) is 28.6 Å². The van der Waals surface area contributed by atoms with Crippen molar-refractivity contribution in [1.82, 2.24) is 9.78 Å². The SMILES string of the molecule is Cn1nc(SCCOc2ccc(Cl)cc2)sc1=S. The van der Waals surface area contributed by atoms with Gasteiger partial charge in [-0.25, -0.2) is 4.68 Å². The van der Waals surface area contributed by atoms with Crippen LogP contribution in [-0.2, 0) is 7.05 Å². The minimum atomic E-state index is 0.627. The van der Waals surface area contributed by atoms with Crippen LogP contribution >= 0.6 is 46.9 Å². The third-order valence-electron chi connectivity index (χ3n) is 2.06. The topological polar surface area (TPSA) is 27.1 Å². The lowest BCUT2D eigenvalue weighted by Crippen LogP contribution is -2.00. The first-order valence-electron chi connectivity index (χ1n) is 5.20. The van der Waals surface area contributed by atoms with Crippen LogP contribution < -0.4 is 4.74 Å². The van der Waals surface area contributed by atoms with Crippen molar-refractivity contribution in [3.63, 3.8) is 0 Å². The van der Waals surface area contributed by atoms with Gasteiger partial charge in [0.25, 0.3) is 0 Å². The molecule has 0 saturated heterocycles. The van der Waals surface area contributed by atoms with Crippen molar-refractivity contribution in [3.8, 4) is 5.75 Å². The van der Waals surface area contributed by atoms with Crippen molar-refractivity contribution < 1.29 is 4.74 Å². The molecule has 0 unspecified atom stereocenters. The minimum absolute atomic E-state index is 0.627. The molecule has 3 nitrogen and oxygen atoms in total. The first-order chi connectivity index (χ1) is 8.65. The fourth-order valence-electron chi connectivity index (χ4n) is 1.20. The van der Waals surface area contributed by atoms with Crippen molar-refractivity contribution >= 4 is 46.9 Å². The Balaban J connectivity index is 1.76. The molecule has 1 heterocycles. The van der Waals surface area contributed by atoms with Gasteiger partial charge in [0.2, 0.25) is 0 Å². The molecule has 7 heteroatoms. The average molecular weight is 319 g/mol. The van der Waals surface area contributed by atoms with Crippen molar-refractivity contribution in [2.45, 2.75) is 4.34 Å². The fraction of sp³-hybridized carbons (Fsp3) is 0.273. The molecule has 1 aromatic carbocycles. The first kappa shape index (κ1) is 13.9. The normalized spacial score (nSPS) is 10.6. The van der Waals surface area contributed by atoms with Gasteiger partial charge in [0.1, 0.15) is 5.75 Å². The zero-order valence-corrected chi connectivity index (χ0v) is 12.8. The van der Waals surface area contributed by atoms with Gasteiger partial charge in [-0.15, -0.1) is 0 Å². The van der Waals surface area contributed by atoms with Crippen LogP contribution in [0, 0.1) is 3.95 Å². The van der Waals surface area contributed by atoms with Crippen LogP contribution in [-0.4, -0.2) is 22.1 Å². The van der Waals surface area contributed by atoms with Gasteiger partial charge in [0, 0.05) is 17.8 Å². The zero-order chi connectivity index (χ0) is 13.0. The summed E-state index contributed by atoms with van der Waals surface area (Å²) in [5, 5.41) is 5.00. The second-order valence-electron chi connectivity index (χ2n) is 3.41. The quantitative estimate of drug-likeness (QED) is 0.472. The maximum atomic E-state index is 5.79. The number of nitrogens with zero attached hydrogens (tertiary/aromatic N) is 2. The number of ether oxygens (including phenoxy) is 1. The fourth-order valence-corrected chi connectivity index (χ4v) is 3.49. The van der Waals surface area contributed by atoms with E-state index in [1.807, 2.05) is 31.3 Å². The van der Waals surface area contributed by atoms with Crippen LogP contribution in [0.5, 0.6) is 5.75 Å². The van der Waals surface area contributed by atoms with Gasteiger partial charge in [-0.05, 0) is 36.5 Å². The number of hydrogen-bond donors (Lipinski definition) is 0. The van der Waals surface area contributed by atoms with E-state index >= 15 is 0 Å². The minimum Gasteiger partial charge on any atom is -0.493 e. The Hall–Kier alpha value is -0.560. The lowest BCUT2D eigenvalue weighted by Gasteiger charge is -2.04. The predicted octanol–water partition coefficient (Wildman–Crippen LogP) is 4.04. The summed E-state index contributed by atoms with van der Waals surface area (Å²) in [6.45, 7) is 0.627. The summed E-state index contributed by atoms with van der Waals surface area (Å²) < 4.78 is 9.06. The Morgan fingerprint density at radius 1 is 1.44 bits per heavy atom.